The number of nitrogens with one attached hydrogen (secondary N) is 1. The van der Waals surface area contributed by atoms with Crippen LogP contribution in [-0.2, 0) is 0 Å². The average Bonchev–Trinajstić information content (AvgIpc) is 2.52. The van der Waals surface area contributed by atoms with Crippen LogP contribution < -0.4 is 15.8 Å². The molecule has 23 heavy (non-hydrogen) atoms. The lowest BCUT2D eigenvalue weighted by molar-refractivity contribution is 0.124. The number of ether oxygens (including phenoxy) is 1. The van der Waals surface area contributed by atoms with Crippen molar-refractivity contribution in [2.75, 3.05) is 11.1 Å². The maximum absolute atomic E-state index is 9.80. The molecule has 1 saturated carbocycles. The summed E-state index contributed by atoms with van der Waals surface area (Å²) >= 11 is 5.88. The van der Waals surface area contributed by atoms with Crippen molar-refractivity contribution in [1.29, 1.82) is 0 Å². The summed E-state index contributed by atoms with van der Waals surface area (Å²) in [5, 5.41) is 13.8. The lowest BCUT2D eigenvalue weighted by Crippen LogP contribution is -2.30. The van der Waals surface area contributed by atoms with Crippen LogP contribution in [0.3, 0.4) is 0 Å². The molecular formula is C16H19ClN4O2. The maximum Gasteiger partial charge on any atom is 0.222 e. The quantitative estimate of drug-likeness (QED) is 0.795. The lowest BCUT2D eigenvalue weighted by Gasteiger charge is -2.27. The van der Waals surface area contributed by atoms with Crippen LogP contribution in [0.1, 0.15) is 25.7 Å². The van der Waals surface area contributed by atoms with Crippen LogP contribution in [0.15, 0.2) is 30.5 Å². The molecule has 0 saturated heterocycles. The van der Waals surface area contributed by atoms with E-state index in [4.69, 9.17) is 22.1 Å². The zero-order chi connectivity index (χ0) is 16.2. The summed E-state index contributed by atoms with van der Waals surface area (Å²) in [6.45, 7) is 0. The summed E-state index contributed by atoms with van der Waals surface area (Å²) in [4.78, 5) is 8.22. The minimum absolute atomic E-state index is 0.139. The highest BCUT2D eigenvalue weighted by atomic mass is 35.5. The van der Waals surface area contributed by atoms with Crippen molar-refractivity contribution in [3.8, 4) is 11.5 Å². The van der Waals surface area contributed by atoms with E-state index in [2.05, 4.69) is 15.3 Å². The number of halogens is 1. The first-order valence-electron chi connectivity index (χ1n) is 7.60. The van der Waals surface area contributed by atoms with Crippen molar-refractivity contribution in [2.45, 2.75) is 37.8 Å². The molecule has 0 spiro atoms. The summed E-state index contributed by atoms with van der Waals surface area (Å²) in [7, 11) is 0. The number of benzene rings is 1. The van der Waals surface area contributed by atoms with Gasteiger partial charge in [-0.05, 0) is 49.9 Å². The molecule has 1 aromatic carbocycles. The summed E-state index contributed by atoms with van der Waals surface area (Å²) in [6, 6.07) is 7.18. The molecule has 4 N–H and O–H groups in total. The Labute approximate surface area is 139 Å². The van der Waals surface area contributed by atoms with Crippen molar-refractivity contribution >= 4 is 23.4 Å². The number of aliphatic hydroxyl groups excluding tert-OH is 1. The number of aliphatic hydroxyl groups is 1. The Morgan fingerprint density at radius 2 is 2.04 bits per heavy atom. The molecule has 1 heterocycles. The highest BCUT2D eigenvalue weighted by Gasteiger charge is 2.22. The van der Waals surface area contributed by atoms with Gasteiger partial charge in [0.1, 0.15) is 5.75 Å². The van der Waals surface area contributed by atoms with Gasteiger partial charge >= 0.3 is 0 Å². The molecule has 0 unspecified atom stereocenters. The molecule has 1 aliphatic rings. The van der Waals surface area contributed by atoms with Crippen LogP contribution in [0.2, 0.25) is 5.02 Å². The van der Waals surface area contributed by atoms with Crippen LogP contribution in [-0.4, -0.2) is 27.2 Å². The smallest absolute Gasteiger partial charge is 0.222 e. The molecule has 0 amide bonds. The molecule has 1 fully saturated rings. The fraction of sp³-hybridized carbons (Fsp3) is 0.375. The van der Waals surface area contributed by atoms with Crippen LogP contribution >= 0.6 is 11.6 Å². The highest BCUT2D eigenvalue weighted by molar-refractivity contribution is 6.30. The molecule has 1 aromatic heterocycles. The first-order chi connectivity index (χ1) is 11.1. The number of hydrogen-bond acceptors (Lipinski definition) is 6. The molecule has 7 heteroatoms. The second-order valence-corrected chi connectivity index (χ2v) is 6.10. The average molecular weight is 335 g/mol. The van der Waals surface area contributed by atoms with Crippen LogP contribution in [0.25, 0.3) is 0 Å². The summed E-state index contributed by atoms with van der Waals surface area (Å²) in [5.74, 6) is 1.83. The van der Waals surface area contributed by atoms with E-state index in [1.165, 1.54) is 0 Å². The predicted octanol–water partition coefficient (Wildman–Crippen LogP) is 3.22. The fourth-order valence-electron chi connectivity index (χ4n) is 2.68. The minimum atomic E-state index is -0.277. The SMILES string of the molecule is Nc1ncc(Oc2ccc(Cl)cc2)c(N[C@H]2CCC[C@H](O)C2)n1. The number of nitrogens with zero attached hydrogens (tertiary/aromatic N) is 2. The third-order valence-electron chi connectivity index (χ3n) is 3.80. The standard InChI is InChI=1S/C16H19ClN4O2/c17-10-4-6-13(7-5-10)23-14-9-19-16(18)21-15(14)20-11-2-1-3-12(22)8-11/h4-7,9,11-12,22H,1-3,8H2,(H3,18,19,20,21)/t11-,12-/m0/s1. The molecule has 0 aliphatic heterocycles. The third kappa shape index (κ3) is 4.24. The van der Waals surface area contributed by atoms with Crippen molar-refractivity contribution in [3.05, 3.63) is 35.5 Å². The number of aromatic nitrogens is 2. The zero-order valence-electron chi connectivity index (χ0n) is 12.6. The van der Waals surface area contributed by atoms with Gasteiger partial charge in [-0.15, -0.1) is 0 Å². The molecule has 122 valence electrons. The number of hydrogen-bond donors (Lipinski definition) is 3. The normalized spacial score (nSPS) is 21.0. The first kappa shape index (κ1) is 15.8. The van der Waals surface area contributed by atoms with E-state index in [-0.39, 0.29) is 18.1 Å². The molecule has 1 aliphatic carbocycles. The number of rotatable bonds is 4. The van der Waals surface area contributed by atoms with Gasteiger partial charge in [0.05, 0.1) is 12.3 Å². The van der Waals surface area contributed by atoms with Crippen LogP contribution in [0.4, 0.5) is 11.8 Å². The van der Waals surface area contributed by atoms with Crippen molar-refractivity contribution < 1.29 is 9.84 Å². The second-order valence-electron chi connectivity index (χ2n) is 5.66. The molecule has 6 nitrogen and oxygen atoms in total. The van der Waals surface area contributed by atoms with E-state index in [1.54, 1.807) is 30.5 Å². The van der Waals surface area contributed by atoms with Crippen LogP contribution in [0, 0.1) is 0 Å². The largest absolute Gasteiger partial charge is 0.452 e. The van der Waals surface area contributed by atoms with E-state index in [0.717, 1.165) is 19.3 Å². The maximum atomic E-state index is 9.80. The molecule has 2 atom stereocenters. The van der Waals surface area contributed by atoms with Gasteiger partial charge in [-0.1, -0.05) is 11.6 Å². The summed E-state index contributed by atoms with van der Waals surface area (Å²) in [6.07, 6.45) is 4.75. The van der Waals surface area contributed by atoms with Crippen molar-refractivity contribution in [3.63, 3.8) is 0 Å². The predicted molar refractivity (Wildman–Crippen MR) is 89.9 cm³/mol. The zero-order valence-corrected chi connectivity index (χ0v) is 13.3. The van der Waals surface area contributed by atoms with Gasteiger partial charge in [0.25, 0.3) is 0 Å². The van der Waals surface area contributed by atoms with Crippen molar-refractivity contribution in [1.82, 2.24) is 9.97 Å². The minimum Gasteiger partial charge on any atom is -0.452 e. The molecule has 3 rings (SSSR count). The summed E-state index contributed by atoms with van der Waals surface area (Å²) < 4.78 is 5.82. The first-order valence-corrected chi connectivity index (χ1v) is 7.98. The Kier molecular flexibility index (Phi) is 4.83. The Morgan fingerprint density at radius 1 is 1.26 bits per heavy atom. The Balaban J connectivity index is 1.78. The number of nitrogens with two attached hydrogens (primary N) is 1. The van der Waals surface area contributed by atoms with Gasteiger partial charge in [-0.2, -0.15) is 4.98 Å². The van der Waals surface area contributed by atoms with Gasteiger partial charge in [-0.3, -0.25) is 0 Å². The van der Waals surface area contributed by atoms with E-state index < -0.39 is 0 Å². The van der Waals surface area contributed by atoms with Gasteiger partial charge in [0, 0.05) is 11.1 Å². The lowest BCUT2D eigenvalue weighted by atomic mass is 9.93. The summed E-state index contributed by atoms with van der Waals surface area (Å²) in [5.41, 5.74) is 5.69. The van der Waals surface area contributed by atoms with E-state index >= 15 is 0 Å². The second kappa shape index (κ2) is 7.02. The van der Waals surface area contributed by atoms with E-state index in [9.17, 15) is 5.11 Å². The fourth-order valence-corrected chi connectivity index (χ4v) is 2.81. The van der Waals surface area contributed by atoms with E-state index in [1.807, 2.05) is 0 Å². The third-order valence-corrected chi connectivity index (χ3v) is 4.05. The Bertz CT molecular complexity index is 666. The Hall–Kier alpha value is -2.05. The van der Waals surface area contributed by atoms with Gasteiger partial charge in [0.15, 0.2) is 11.6 Å². The molecule has 0 radical (unpaired) electrons. The molecular weight excluding hydrogens is 316 g/mol. The van der Waals surface area contributed by atoms with Gasteiger partial charge in [-0.25, -0.2) is 4.98 Å². The molecule has 0 bridgehead atoms. The number of anilines is 2. The Morgan fingerprint density at radius 3 is 2.78 bits per heavy atom. The number of nitrogen functional groups attached to an aromatic ring is 1. The molecule has 2 aromatic rings. The monoisotopic (exact) mass is 334 g/mol. The highest BCUT2D eigenvalue weighted by Crippen LogP contribution is 2.31. The van der Waals surface area contributed by atoms with Gasteiger partial charge < -0.3 is 20.9 Å². The van der Waals surface area contributed by atoms with Crippen molar-refractivity contribution in [2.24, 2.45) is 0 Å². The van der Waals surface area contributed by atoms with Gasteiger partial charge in [0.2, 0.25) is 5.95 Å². The van der Waals surface area contributed by atoms with E-state index in [0.29, 0.717) is 28.8 Å². The topological polar surface area (TPSA) is 93.3 Å². The van der Waals surface area contributed by atoms with Crippen LogP contribution in [0.5, 0.6) is 11.5 Å².